The third-order valence-electron chi connectivity index (χ3n) is 3.13. The molecule has 3 nitrogen and oxygen atoms in total. The standard InChI is InChI=1S/C15H19F2N3/c1-10(2)15-12(9-20(3)19-15)8-18-7-11-4-5-13(16)6-14(11)17/h4-6,9-10,18H,7-8H2,1-3H3. The van der Waals surface area contributed by atoms with Gasteiger partial charge in [-0.05, 0) is 12.0 Å². The molecule has 2 rings (SSSR count). The molecule has 0 bridgehead atoms. The predicted octanol–water partition coefficient (Wildman–Crippen LogP) is 3.11. The van der Waals surface area contributed by atoms with E-state index in [0.717, 1.165) is 17.3 Å². The topological polar surface area (TPSA) is 29.9 Å². The van der Waals surface area contributed by atoms with Gasteiger partial charge in [-0.25, -0.2) is 8.78 Å². The van der Waals surface area contributed by atoms with Crippen molar-refractivity contribution in [1.29, 1.82) is 0 Å². The summed E-state index contributed by atoms with van der Waals surface area (Å²) in [4.78, 5) is 0. The Kier molecular flexibility index (Phi) is 4.49. The summed E-state index contributed by atoms with van der Waals surface area (Å²) in [5.41, 5.74) is 2.60. The molecule has 0 saturated carbocycles. The summed E-state index contributed by atoms with van der Waals surface area (Å²) >= 11 is 0. The Morgan fingerprint density at radius 3 is 2.55 bits per heavy atom. The van der Waals surface area contributed by atoms with Gasteiger partial charge in [0, 0.05) is 43.5 Å². The molecule has 0 spiro atoms. The van der Waals surface area contributed by atoms with Gasteiger partial charge < -0.3 is 5.32 Å². The van der Waals surface area contributed by atoms with Crippen molar-refractivity contribution >= 4 is 0 Å². The van der Waals surface area contributed by atoms with Crippen molar-refractivity contribution in [2.75, 3.05) is 0 Å². The third-order valence-corrected chi connectivity index (χ3v) is 3.13. The highest BCUT2D eigenvalue weighted by Crippen LogP contribution is 2.17. The second-order valence-corrected chi connectivity index (χ2v) is 5.21. The van der Waals surface area contributed by atoms with Gasteiger partial charge in [-0.2, -0.15) is 5.10 Å². The van der Waals surface area contributed by atoms with Crippen molar-refractivity contribution in [3.8, 4) is 0 Å². The second kappa shape index (κ2) is 6.13. The molecule has 1 aromatic heterocycles. The van der Waals surface area contributed by atoms with Crippen LogP contribution >= 0.6 is 0 Å². The van der Waals surface area contributed by atoms with Crippen LogP contribution in [0.4, 0.5) is 8.78 Å². The van der Waals surface area contributed by atoms with Crippen molar-refractivity contribution in [2.24, 2.45) is 7.05 Å². The number of benzene rings is 1. The molecule has 0 atom stereocenters. The minimum absolute atomic E-state index is 0.343. The highest BCUT2D eigenvalue weighted by atomic mass is 19.1. The molecule has 0 radical (unpaired) electrons. The van der Waals surface area contributed by atoms with Crippen LogP contribution in [0.25, 0.3) is 0 Å². The number of nitrogens with one attached hydrogen (secondary N) is 1. The Bertz CT molecular complexity index is 591. The number of nitrogens with zero attached hydrogens (tertiary/aromatic N) is 2. The quantitative estimate of drug-likeness (QED) is 0.911. The molecule has 1 heterocycles. The molecule has 20 heavy (non-hydrogen) atoms. The fraction of sp³-hybridized carbons (Fsp3) is 0.400. The highest BCUT2D eigenvalue weighted by Gasteiger charge is 2.11. The first kappa shape index (κ1) is 14.7. The third kappa shape index (κ3) is 3.42. The minimum atomic E-state index is -0.555. The van der Waals surface area contributed by atoms with E-state index in [0.29, 0.717) is 24.6 Å². The van der Waals surface area contributed by atoms with Crippen LogP contribution in [0.5, 0.6) is 0 Å². The van der Waals surface area contributed by atoms with Gasteiger partial charge in [0.15, 0.2) is 0 Å². The normalized spacial score (nSPS) is 11.3. The van der Waals surface area contributed by atoms with E-state index in [-0.39, 0.29) is 0 Å². The van der Waals surface area contributed by atoms with E-state index < -0.39 is 11.6 Å². The number of hydrogen-bond donors (Lipinski definition) is 1. The van der Waals surface area contributed by atoms with Crippen molar-refractivity contribution in [1.82, 2.24) is 15.1 Å². The molecule has 0 unspecified atom stereocenters. The lowest BCUT2D eigenvalue weighted by Crippen LogP contribution is -2.14. The summed E-state index contributed by atoms with van der Waals surface area (Å²) in [5.74, 6) is -0.732. The van der Waals surface area contributed by atoms with Crippen LogP contribution in [0.3, 0.4) is 0 Å². The summed E-state index contributed by atoms with van der Waals surface area (Å²) in [7, 11) is 1.88. The van der Waals surface area contributed by atoms with E-state index in [1.54, 1.807) is 4.68 Å². The van der Waals surface area contributed by atoms with Gasteiger partial charge in [0.1, 0.15) is 11.6 Å². The summed E-state index contributed by atoms with van der Waals surface area (Å²) in [5, 5.41) is 7.59. The largest absolute Gasteiger partial charge is 0.308 e. The SMILES string of the molecule is CC(C)c1nn(C)cc1CNCc1ccc(F)cc1F. The van der Waals surface area contributed by atoms with Crippen LogP contribution in [0.1, 0.15) is 36.6 Å². The monoisotopic (exact) mass is 279 g/mol. The van der Waals surface area contributed by atoms with E-state index in [9.17, 15) is 8.78 Å². The molecule has 0 aliphatic rings. The van der Waals surface area contributed by atoms with Gasteiger partial charge in [-0.1, -0.05) is 19.9 Å². The number of aromatic nitrogens is 2. The summed E-state index contributed by atoms with van der Waals surface area (Å²) < 4.78 is 28.1. The highest BCUT2D eigenvalue weighted by molar-refractivity contribution is 5.21. The van der Waals surface area contributed by atoms with Gasteiger partial charge >= 0.3 is 0 Å². The maximum Gasteiger partial charge on any atom is 0.130 e. The zero-order chi connectivity index (χ0) is 14.7. The Hall–Kier alpha value is -1.75. The molecular formula is C15H19F2N3. The fourth-order valence-corrected chi connectivity index (χ4v) is 2.17. The zero-order valence-electron chi connectivity index (χ0n) is 12.0. The molecular weight excluding hydrogens is 260 g/mol. The van der Waals surface area contributed by atoms with E-state index in [4.69, 9.17) is 0 Å². The maximum absolute atomic E-state index is 13.5. The second-order valence-electron chi connectivity index (χ2n) is 5.21. The number of hydrogen-bond acceptors (Lipinski definition) is 2. The minimum Gasteiger partial charge on any atom is -0.308 e. The van der Waals surface area contributed by atoms with Crippen molar-refractivity contribution in [2.45, 2.75) is 32.9 Å². The molecule has 0 saturated heterocycles. The van der Waals surface area contributed by atoms with Crippen LogP contribution < -0.4 is 5.32 Å². The lowest BCUT2D eigenvalue weighted by molar-refractivity contribution is 0.559. The number of rotatable bonds is 5. The number of aryl methyl sites for hydroxylation is 1. The van der Waals surface area contributed by atoms with Gasteiger partial charge in [-0.15, -0.1) is 0 Å². The van der Waals surface area contributed by atoms with E-state index >= 15 is 0 Å². The zero-order valence-corrected chi connectivity index (χ0v) is 12.0. The lowest BCUT2D eigenvalue weighted by atomic mass is 10.1. The first-order valence-electron chi connectivity index (χ1n) is 6.64. The van der Waals surface area contributed by atoms with Crippen molar-refractivity contribution in [3.63, 3.8) is 0 Å². The molecule has 108 valence electrons. The number of halogens is 2. The van der Waals surface area contributed by atoms with Crippen LogP contribution in [-0.2, 0) is 20.1 Å². The molecule has 1 N–H and O–H groups in total. The Labute approximate surface area is 117 Å². The molecule has 0 amide bonds. The van der Waals surface area contributed by atoms with Crippen LogP contribution in [0.2, 0.25) is 0 Å². The van der Waals surface area contributed by atoms with Gasteiger partial charge in [-0.3, -0.25) is 4.68 Å². The van der Waals surface area contributed by atoms with Gasteiger partial charge in [0.25, 0.3) is 0 Å². The van der Waals surface area contributed by atoms with Crippen LogP contribution in [0, 0.1) is 11.6 Å². The van der Waals surface area contributed by atoms with Gasteiger partial charge in [0.2, 0.25) is 0 Å². The molecule has 0 aliphatic carbocycles. The summed E-state index contributed by atoms with van der Waals surface area (Å²) in [6, 6.07) is 3.63. The average molecular weight is 279 g/mol. The van der Waals surface area contributed by atoms with E-state index in [1.807, 2.05) is 13.2 Å². The van der Waals surface area contributed by atoms with Gasteiger partial charge in [0.05, 0.1) is 5.69 Å². The maximum atomic E-state index is 13.5. The first-order chi connectivity index (χ1) is 9.47. The Morgan fingerprint density at radius 1 is 1.20 bits per heavy atom. The molecule has 0 fully saturated rings. The van der Waals surface area contributed by atoms with Crippen LogP contribution in [0.15, 0.2) is 24.4 Å². The summed E-state index contributed by atoms with van der Waals surface area (Å²) in [6.07, 6.45) is 1.96. The van der Waals surface area contributed by atoms with Crippen molar-refractivity contribution in [3.05, 3.63) is 52.9 Å². The first-order valence-corrected chi connectivity index (χ1v) is 6.64. The molecule has 0 aliphatic heterocycles. The Balaban J connectivity index is 1.99. The molecule has 5 heteroatoms. The Morgan fingerprint density at radius 2 is 1.90 bits per heavy atom. The molecule has 2 aromatic rings. The van der Waals surface area contributed by atoms with Crippen LogP contribution in [-0.4, -0.2) is 9.78 Å². The lowest BCUT2D eigenvalue weighted by Gasteiger charge is -2.08. The van der Waals surface area contributed by atoms with Crippen molar-refractivity contribution < 1.29 is 8.78 Å². The van der Waals surface area contributed by atoms with E-state index in [1.165, 1.54) is 12.1 Å². The molecule has 1 aromatic carbocycles. The summed E-state index contributed by atoms with van der Waals surface area (Å²) in [6.45, 7) is 5.15. The smallest absolute Gasteiger partial charge is 0.130 e. The fourth-order valence-electron chi connectivity index (χ4n) is 2.17. The average Bonchev–Trinajstić information content (AvgIpc) is 2.73. The van der Waals surface area contributed by atoms with E-state index in [2.05, 4.69) is 24.3 Å². The predicted molar refractivity (Wildman–Crippen MR) is 74.2 cm³/mol.